The summed E-state index contributed by atoms with van der Waals surface area (Å²) in [6, 6.07) is 7.31. The summed E-state index contributed by atoms with van der Waals surface area (Å²) in [4.78, 5) is 0. The van der Waals surface area contributed by atoms with Gasteiger partial charge < -0.3 is 15.3 Å². The van der Waals surface area contributed by atoms with Crippen molar-refractivity contribution in [1.29, 1.82) is 0 Å². The summed E-state index contributed by atoms with van der Waals surface area (Å²) in [5.74, 6) is 0. The zero-order valence-electron chi connectivity index (χ0n) is 9.01. The van der Waals surface area contributed by atoms with Gasteiger partial charge in [0.05, 0.1) is 6.10 Å². The lowest BCUT2D eigenvalue weighted by Gasteiger charge is -2.17. The average Bonchev–Trinajstić information content (AvgIpc) is 2.29. The summed E-state index contributed by atoms with van der Waals surface area (Å²) >= 11 is 3.23. The van der Waals surface area contributed by atoms with Gasteiger partial charge in [-0.3, -0.25) is 0 Å². The molecule has 3 N–H and O–H groups in total. The van der Waals surface area contributed by atoms with E-state index >= 15 is 0 Å². The molecule has 1 rings (SSSR count). The van der Waals surface area contributed by atoms with Crippen LogP contribution in [0.15, 0.2) is 24.3 Å². The van der Waals surface area contributed by atoms with Crippen LogP contribution in [0.4, 0.5) is 0 Å². The van der Waals surface area contributed by atoms with Crippen LogP contribution in [0.3, 0.4) is 0 Å². The summed E-state index contributed by atoms with van der Waals surface area (Å²) in [6.07, 6.45) is -0.555. The molecule has 90 valence electrons. The molecule has 0 fully saturated rings. The van der Waals surface area contributed by atoms with E-state index in [-0.39, 0.29) is 6.61 Å². The molecule has 0 saturated carbocycles. The van der Waals surface area contributed by atoms with E-state index < -0.39 is 12.2 Å². The molecule has 2 atom stereocenters. The molecule has 0 bridgehead atoms. The highest BCUT2D eigenvalue weighted by molar-refractivity contribution is 9.09. The molecular weight excluding hydrogens is 272 g/mol. The van der Waals surface area contributed by atoms with Crippen molar-refractivity contribution in [3.8, 4) is 0 Å². The van der Waals surface area contributed by atoms with Gasteiger partial charge in [-0.25, -0.2) is 0 Å². The summed E-state index contributed by atoms with van der Waals surface area (Å²) in [5.41, 5.74) is 1.66. The predicted octanol–water partition coefficient (Wildman–Crippen LogP) is 1.40. The van der Waals surface area contributed by atoms with E-state index in [9.17, 15) is 10.2 Å². The van der Waals surface area contributed by atoms with E-state index in [1.54, 1.807) is 6.07 Å². The molecule has 0 aromatic heterocycles. The third-order valence-corrected chi connectivity index (χ3v) is 2.92. The molecule has 1 aromatic rings. The van der Waals surface area contributed by atoms with Crippen molar-refractivity contribution in [3.63, 3.8) is 0 Å². The van der Waals surface area contributed by atoms with Crippen LogP contribution in [0.1, 0.15) is 23.7 Å². The Morgan fingerprint density at radius 1 is 1.25 bits per heavy atom. The monoisotopic (exact) mass is 288 g/mol. The molecule has 0 saturated heterocycles. The van der Waals surface area contributed by atoms with Crippen LogP contribution in [0.25, 0.3) is 0 Å². The molecule has 0 amide bonds. The molecule has 0 spiro atoms. The van der Waals surface area contributed by atoms with E-state index in [1.807, 2.05) is 18.2 Å². The van der Waals surface area contributed by atoms with Crippen molar-refractivity contribution >= 4 is 15.9 Å². The second-order valence-electron chi connectivity index (χ2n) is 3.71. The lowest BCUT2D eigenvalue weighted by Crippen LogP contribution is -2.18. The largest absolute Gasteiger partial charge is 0.396 e. The summed E-state index contributed by atoms with van der Waals surface area (Å²) in [6.45, 7) is 0.0868. The molecule has 1 aromatic carbocycles. The van der Waals surface area contributed by atoms with Gasteiger partial charge in [-0.05, 0) is 24.0 Å². The molecule has 16 heavy (non-hydrogen) atoms. The van der Waals surface area contributed by atoms with Crippen molar-refractivity contribution in [2.24, 2.45) is 0 Å². The fraction of sp³-hybridized carbons (Fsp3) is 0.500. The van der Waals surface area contributed by atoms with Crippen LogP contribution in [0.2, 0.25) is 0 Å². The fourth-order valence-electron chi connectivity index (χ4n) is 1.55. The summed E-state index contributed by atoms with van der Waals surface area (Å²) in [7, 11) is 0. The maximum absolute atomic E-state index is 9.88. The highest BCUT2D eigenvalue weighted by atomic mass is 79.9. The van der Waals surface area contributed by atoms with Crippen molar-refractivity contribution in [1.82, 2.24) is 0 Å². The Morgan fingerprint density at radius 3 is 2.62 bits per heavy atom. The minimum absolute atomic E-state index is 0.0868. The van der Waals surface area contributed by atoms with Gasteiger partial charge in [0.1, 0.15) is 6.10 Å². The first-order valence-corrected chi connectivity index (χ1v) is 6.43. The number of alkyl halides is 1. The van der Waals surface area contributed by atoms with Gasteiger partial charge in [-0.1, -0.05) is 40.2 Å². The minimum atomic E-state index is -0.865. The van der Waals surface area contributed by atoms with Gasteiger partial charge in [-0.2, -0.15) is 0 Å². The van der Waals surface area contributed by atoms with E-state index in [4.69, 9.17) is 5.11 Å². The number of hydrogen-bond donors (Lipinski definition) is 3. The van der Waals surface area contributed by atoms with Crippen molar-refractivity contribution in [3.05, 3.63) is 35.4 Å². The Kier molecular flexibility index (Phi) is 5.98. The Hall–Kier alpha value is -0.420. The number of halogens is 1. The van der Waals surface area contributed by atoms with Gasteiger partial charge in [0.2, 0.25) is 0 Å². The quantitative estimate of drug-likeness (QED) is 0.694. The van der Waals surface area contributed by atoms with Gasteiger partial charge in [-0.15, -0.1) is 0 Å². The van der Waals surface area contributed by atoms with E-state index in [0.29, 0.717) is 23.7 Å². The highest BCUT2D eigenvalue weighted by Gasteiger charge is 2.17. The van der Waals surface area contributed by atoms with Gasteiger partial charge >= 0.3 is 0 Å². The van der Waals surface area contributed by atoms with Gasteiger partial charge in [0.25, 0.3) is 0 Å². The van der Waals surface area contributed by atoms with Crippen LogP contribution in [0.5, 0.6) is 0 Å². The third kappa shape index (κ3) is 3.87. The zero-order chi connectivity index (χ0) is 12.0. The van der Waals surface area contributed by atoms with Crippen molar-refractivity contribution < 1.29 is 15.3 Å². The van der Waals surface area contributed by atoms with E-state index in [0.717, 1.165) is 5.56 Å². The van der Waals surface area contributed by atoms with E-state index in [2.05, 4.69) is 15.9 Å². The Labute approximate surface area is 104 Å². The Bertz CT molecular complexity index is 317. The van der Waals surface area contributed by atoms with Crippen LogP contribution in [0, 0.1) is 0 Å². The lowest BCUT2D eigenvalue weighted by molar-refractivity contribution is 0.0173. The first kappa shape index (κ1) is 13.6. The maximum Gasteiger partial charge on any atom is 0.105 e. The second kappa shape index (κ2) is 7.01. The lowest BCUT2D eigenvalue weighted by atomic mass is 10.00. The first-order valence-electron chi connectivity index (χ1n) is 5.31. The molecule has 3 nitrogen and oxygen atoms in total. The number of hydrogen-bond acceptors (Lipinski definition) is 3. The molecule has 0 aliphatic rings. The first-order chi connectivity index (χ1) is 7.69. The van der Waals surface area contributed by atoms with E-state index in [1.165, 1.54) is 0 Å². The smallest absolute Gasteiger partial charge is 0.105 e. The highest BCUT2D eigenvalue weighted by Crippen LogP contribution is 2.20. The number of rotatable bonds is 6. The summed E-state index contributed by atoms with van der Waals surface area (Å²) < 4.78 is 0. The molecular formula is C12H17BrO3. The van der Waals surface area contributed by atoms with Crippen LogP contribution in [-0.4, -0.2) is 33.4 Å². The van der Waals surface area contributed by atoms with Crippen molar-refractivity contribution in [2.45, 2.75) is 25.0 Å². The van der Waals surface area contributed by atoms with Gasteiger partial charge in [0, 0.05) is 11.9 Å². The normalized spacial score (nSPS) is 14.8. The fourth-order valence-corrected chi connectivity index (χ4v) is 2.02. The zero-order valence-corrected chi connectivity index (χ0v) is 10.6. The molecule has 4 heteroatoms. The second-order valence-corrected chi connectivity index (χ2v) is 4.50. The van der Waals surface area contributed by atoms with Crippen molar-refractivity contribution in [2.75, 3.05) is 11.9 Å². The molecule has 0 heterocycles. The molecule has 0 radical (unpaired) electrons. The standard InChI is InChI=1S/C12H17BrO3/c13-6-4-11(15)12(16)10-3-1-2-9(8-10)5-7-14/h1-3,8,11-12,14-16H,4-7H2. The van der Waals surface area contributed by atoms with Crippen LogP contribution >= 0.6 is 15.9 Å². The molecule has 2 unspecified atom stereocenters. The summed E-state index contributed by atoms with van der Waals surface area (Å²) in [5, 5.41) is 29.0. The maximum atomic E-state index is 9.88. The molecule has 0 aliphatic carbocycles. The van der Waals surface area contributed by atoms with Gasteiger partial charge in [0.15, 0.2) is 0 Å². The Balaban J connectivity index is 2.74. The average molecular weight is 289 g/mol. The number of aliphatic hydroxyl groups is 3. The Morgan fingerprint density at radius 2 is 2.00 bits per heavy atom. The number of aliphatic hydroxyl groups excluding tert-OH is 3. The third-order valence-electron chi connectivity index (χ3n) is 2.46. The SMILES string of the molecule is OCCc1cccc(C(O)C(O)CCBr)c1. The van der Waals surface area contributed by atoms with Crippen LogP contribution < -0.4 is 0 Å². The predicted molar refractivity (Wildman–Crippen MR) is 66.6 cm³/mol. The van der Waals surface area contributed by atoms with Crippen LogP contribution in [-0.2, 0) is 6.42 Å². The number of benzene rings is 1. The topological polar surface area (TPSA) is 60.7 Å². The molecule has 0 aliphatic heterocycles. The minimum Gasteiger partial charge on any atom is -0.396 e.